The van der Waals surface area contributed by atoms with Crippen LogP contribution in [0, 0.1) is 0 Å². The average molecular weight is 757 g/mol. The minimum atomic E-state index is -0.0145. The van der Waals surface area contributed by atoms with Gasteiger partial charge in [-0.15, -0.1) is 0 Å². The van der Waals surface area contributed by atoms with Gasteiger partial charge < -0.3 is 19.6 Å². The summed E-state index contributed by atoms with van der Waals surface area (Å²) in [4.78, 5) is 29.0. The summed E-state index contributed by atoms with van der Waals surface area (Å²) in [7, 11) is 1.96. The van der Waals surface area contributed by atoms with Crippen LogP contribution in [0.1, 0.15) is 249 Å². The fraction of sp³-hybridized carbons (Fsp3) is 0.957. The Morgan fingerprint density at radius 1 is 0.491 bits per heavy atom. The summed E-state index contributed by atoms with van der Waals surface area (Å²) in [5.41, 5.74) is 0. The van der Waals surface area contributed by atoms with Crippen molar-refractivity contribution in [1.82, 2.24) is 9.80 Å². The first kappa shape index (κ1) is 58.6. The summed E-state index contributed by atoms with van der Waals surface area (Å²) in [6, 6.07) is 0. The molecule has 53 heavy (non-hydrogen) atoms. The molecule has 0 saturated heterocycles. The molecule has 6 heteroatoms. The topological polar surface area (TPSA) is 70.1 Å². The Labute approximate surface area is 334 Å². The van der Waals surface area contributed by atoms with Crippen LogP contribution in [0.4, 0.5) is 0 Å². The van der Waals surface area contributed by atoms with Crippen molar-refractivity contribution in [2.24, 2.45) is 0 Å². The smallest absolute Gasteiger partial charge is 0.306 e. The van der Waals surface area contributed by atoms with Gasteiger partial charge in [-0.25, -0.2) is 0 Å². The van der Waals surface area contributed by atoms with Crippen LogP contribution in [0.25, 0.3) is 0 Å². The van der Waals surface area contributed by atoms with E-state index in [1.807, 2.05) is 11.9 Å². The van der Waals surface area contributed by atoms with Gasteiger partial charge in [0, 0.05) is 33.0 Å². The number of amides is 1. The van der Waals surface area contributed by atoms with E-state index in [1.165, 1.54) is 109 Å². The maximum absolute atomic E-state index is 12.4. The average Bonchev–Trinajstić information content (AvgIpc) is 3.13. The van der Waals surface area contributed by atoms with Crippen LogP contribution < -0.4 is 0 Å². The lowest BCUT2D eigenvalue weighted by atomic mass is 10.1. The summed E-state index contributed by atoms with van der Waals surface area (Å²) in [5, 5.41) is 9.48. The summed E-state index contributed by atoms with van der Waals surface area (Å²) in [5.74, 6) is 0.288. The van der Waals surface area contributed by atoms with Crippen molar-refractivity contribution >= 4 is 11.9 Å². The van der Waals surface area contributed by atoms with Crippen LogP contribution in [-0.2, 0) is 14.3 Å². The lowest BCUT2D eigenvalue weighted by molar-refractivity contribution is -0.149. The lowest BCUT2D eigenvalue weighted by Crippen LogP contribution is -2.29. The van der Waals surface area contributed by atoms with Gasteiger partial charge in [-0.2, -0.15) is 0 Å². The van der Waals surface area contributed by atoms with E-state index in [4.69, 9.17) is 4.74 Å². The molecule has 0 aliphatic carbocycles. The van der Waals surface area contributed by atoms with Crippen LogP contribution >= 0.6 is 0 Å². The van der Waals surface area contributed by atoms with Gasteiger partial charge in [0.25, 0.3) is 0 Å². The van der Waals surface area contributed by atoms with Crippen LogP contribution in [0.5, 0.6) is 0 Å². The predicted octanol–water partition coefficient (Wildman–Crippen LogP) is 14.1. The zero-order valence-corrected chi connectivity index (χ0v) is 38.2. The normalized spacial score (nSPS) is 11.1. The first-order chi connectivity index (χ1) is 25.7. The molecule has 1 amide bonds. The summed E-state index contributed by atoms with van der Waals surface area (Å²) in [6.45, 7) is 23.3. The van der Waals surface area contributed by atoms with Gasteiger partial charge in [-0.05, 0) is 64.5 Å². The largest absolute Gasteiger partial charge is 0.462 e. The zero-order chi connectivity index (χ0) is 40.6. The Morgan fingerprint density at radius 2 is 0.868 bits per heavy atom. The van der Waals surface area contributed by atoms with Gasteiger partial charge >= 0.3 is 5.97 Å². The fourth-order valence-electron chi connectivity index (χ4n) is 5.94. The molecule has 0 aliphatic rings. The minimum absolute atomic E-state index is 0.0145. The summed E-state index contributed by atoms with van der Waals surface area (Å²) >= 11 is 0. The molecule has 6 nitrogen and oxygen atoms in total. The number of carbonyl (C=O) groups is 2. The van der Waals surface area contributed by atoms with Crippen molar-refractivity contribution in [3.05, 3.63) is 0 Å². The van der Waals surface area contributed by atoms with Crippen LogP contribution in [0.2, 0.25) is 0 Å². The van der Waals surface area contributed by atoms with Gasteiger partial charge in [-0.3, -0.25) is 9.59 Å². The van der Waals surface area contributed by atoms with Gasteiger partial charge in [0.1, 0.15) is 6.10 Å². The van der Waals surface area contributed by atoms with Gasteiger partial charge in [0.05, 0.1) is 6.61 Å². The first-order valence-corrected chi connectivity index (χ1v) is 23.5. The number of nitrogens with zero attached hydrogens (tertiary/aromatic N) is 2. The minimum Gasteiger partial charge on any atom is -0.462 e. The molecule has 0 bridgehead atoms. The molecule has 0 aromatic rings. The molecule has 322 valence electrons. The van der Waals surface area contributed by atoms with E-state index >= 15 is 0 Å². The van der Waals surface area contributed by atoms with Crippen LogP contribution in [-0.4, -0.2) is 72.7 Å². The quantitative estimate of drug-likeness (QED) is 0.0523. The number of esters is 1. The number of aliphatic hydroxyl groups excluding tert-OH is 1. The SMILES string of the molecule is CCC.CCC.CCC.CCCCCCCCC(CC)OC(=O)CCCCCCCN(CCO)CCCCCCCC(=O)N(C)CCCCCCCC. The van der Waals surface area contributed by atoms with Crippen molar-refractivity contribution < 1.29 is 19.4 Å². The monoisotopic (exact) mass is 757 g/mol. The molecular formula is C47H100N2O4. The molecule has 0 spiro atoms. The van der Waals surface area contributed by atoms with Crippen molar-refractivity contribution in [3.63, 3.8) is 0 Å². The Hall–Kier alpha value is -1.14. The summed E-state index contributed by atoms with van der Waals surface area (Å²) in [6.07, 6.45) is 33.4. The van der Waals surface area contributed by atoms with E-state index in [-0.39, 0.29) is 18.7 Å². The van der Waals surface area contributed by atoms with Gasteiger partial charge in [0.2, 0.25) is 5.91 Å². The van der Waals surface area contributed by atoms with Crippen molar-refractivity contribution in [3.8, 4) is 0 Å². The zero-order valence-electron chi connectivity index (χ0n) is 38.2. The second-order valence-corrected chi connectivity index (χ2v) is 15.4. The number of hydrogen-bond acceptors (Lipinski definition) is 5. The van der Waals surface area contributed by atoms with E-state index < -0.39 is 0 Å². The Bertz CT molecular complexity index is 670. The Kier molecular flexibility index (Phi) is 58.5. The molecule has 1 N–H and O–H groups in total. The third kappa shape index (κ3) is 53.0. The predicted molar refractivity (Wildman–Crippen MR) is 236 cm³/mol. The van der Waals surface area contributed by atoms with Gasteiger partial charge in [-0.1, -0.05) is 184 Å². The molecule has 0 saturated carbocycles. The highest BCUT2D eigenvalue weighted by Gasteiger charge is 2.12. The Morgan fingerprint density at radius 3 is 1.30 bits per heavy atom. The molecule has 0 fully saturated rings. The maximum atomic E-state index is 12.4. The molecule has 0 heterocycles. The second kappa shape index (κ2) is 53.0. The lowest BCUT2D eigenvalue weighted by Gasteiger charge is -2.21. The van der Waals surface area contributed by atoms with Crippen molar-refractivity contribution in [2.75, 3.05) is 39.8 Å². The van der Waals surface area contributed by atoms with E-state index in [2.05, 4.69) is 67.2 Å². The first-order valence-electron chi connectivity index (χ1n) is 23.5. The number of ether oxygens (including phenoxy) is 1. The van der Waals surface area contributed by atoms with Crippen molar-refractivity contribution in [1.29, 1.82) is 0 Å². The highest BCUT2D eigenvalue weighted by atomic mass is 16.5. The fourth-order valence-corrected chi connectivity index (χ4v) is 5.94. The standard InChI is InChI=1S/C38H76N2O4.3C3H8/c1-5-8-10-12-16-22-28-36(7-3)44-38(43)30-24-18-15-21-27-33-40(34-35-41)32-26-20-14-17-23-29-37(42)39(4)31-25-19-13-11-9-6-2;3*1-3-2/h36,41H,5-35H2,1-4H3;3*3H2,1-2H3. The third-order valence-corrected chi connectivity index (χ3v) is 9.04. The number of unbranched alkanes of at least 4 members (excludes halogenated alkanes) is 18. The number of aliphatic hydroxyl groups is 1. The summed E-state index contributed by atoms with van der Waals surface area (Å²) < 4.78 is 5.74. The molecular weight excluding hydrogens is 657 g/mol. The number of hydrogen-bond donors (Lipinski definition) is 1. The van der Waals surface area contributed by atoms with E-state index in [1.54, 1.807) is 0 Å². The Balaban J connectivity index is -0.00000120. The third-order valence-electron chi connectivity index (χ3n) is 9.04. The van der Waals surface area contributed by atoms with Crippen LogP contribution in [0.3, 0.4) is 0 Å². The van der Waals surface area contributed by atoms with E-state index in [9.17, 15) is 14.7 Å². The molecule has 0 aromatic heterocycles. The highest BCUT2D eigenvalue weighted by Crippen LogP contribution is 2.15. The molecule has 0 aliphatic heterocycles. The van der Waals surface area contributed by atoms with Gasteiger partial charge in [0.15, 0.2) is 0 Å². The van der Waals surface area contributed by atoms with E-state index in [0.29, 0.717) is 18.7 Å². The number of rotatable bonds is 34. The molecule has 1 atom stereocenters. The van der Waals surface area contributed by atoms with E-state index in [0.717, 1.165) is 90.4 Å². The number of carbonyl (C=O) groups excluding carboxylic acids is 2. The van der Waals surface area contributed by atoms with Crippen LogP contribution in [0.15, 0.2) is 0 Å². The molecule has 1 unspecified atom stereocenters. The highest BCUT2D eigenvalue weighted by molar-refractivity contribution is 5.75. The second-order valence-electron chi connectivity index (χ2n) is 15.4. The molecule has 0 aromatic carbocycles. The van der Waals surface area contributed by atoms with Crippen molar-refractivity contribution in [2.45, 2.75) is 255 Å². The molecule has 0 rings (SSSR count). The molecule has 0 radical (unpaired) electrons. The maximum Gasteiger partial charge on any atom is 0.306 e.